The largest absolute Gasteiger partial charge is 0.461 e. The maximum Gasteiger partial charge on any atom is 0.356 e. The highest BCUT2D eigenvalue weighted by atomic mass is 79.9. The summed E-state index contributed by atoms with van der Waals surface area (Å²) < 4.78 is 12.9. The number of hydrogen-bond acceptors (Lipinski definition) is 9. The van der Waals surface area contributed by atoms with E-state index in [-0.39, 0.29) is 29.4 Å². The van der Waals surface area contributed by atoms with Gasteiger partial charge in [0.15, 0.2) is 5.71 Å². The van der Waals surface area contributed by atoms with Gasteiger partial charge in [0.05, 0.1) is 31.8 Å². The Balaban J connectivity index is 0.000000233. The fourth-order valence-corrected chi connectivity index (χ4v) is 6.61. The molecular formula is C32H44BrCl6N3O7. The normalized spacial score (nSPS) is 20.8. The molecule has 0 aromatic carbocycles. The topological polar surface area (TPSA) is 131 Å². The molecule has 1 aromatic rings. The second-order valence-corrected chi connectivity index (χ2v) is 17.1. The molecule has 0 spiro atoms. The van der Waals surface area contributed by atoms with Gasteiger partial charge in [0.25, 0.3) is 0 Å². The predicted molar refractivity (Wildman–Crippen MR) is 200 cm³/mol. The number of allylic oxidation sites excluding steroid dienone is 2. The number of nitrogens with one attached hydrogen (secondary N) is 1. The minimum absolute atomic E-state index is 0.0261. The molecule has 49 heavy (non-hydrogen) atoms. The van der Waals surface area contributed by atoms with E-state index in [4.69, 9.17) is 84.3 Å². The lowest BCUT2D eigenvalue weighted by Gasteiger charge is -2.35. The van der Waals surface area contributed by atoms with Crippen LogP contribution in [0, 0.1) is 0 Å². The number of hydrogen-bond donors (Lipinski definition) is 2. The number of esters is 2. The number of morpholine rings is 1. The minimum Gasteiger partial charge on any atom is -0.461 e. The van der Waals surface area contributed by atoms with Crippen molar-refractivity contribution in [2.75, 3.05) is 44.8 Å². The average molecular weight is 875 g/mol. The Labute approximate surface area is 326 Å². The van der Waals surface area contributed by atoms with E-state index in [2.05, 4.69) is 41.8 Å². The second kappa shape index (κ2) is 21.6. The first-order valence-corrected chi connectivity index (χ1v) is 19.4. The van der Waals surface area contributed by atoms with Crippen molar-refractivity contribution in [3.05, 3.63) is 34.8 Å². The monoisotopic (exact) mass is 871 g/mol. The number of carbonyl (C=O) groups excluding carboxylic acids is 3. The van der Waals surface area contributed by atoms with Crippen LogP contribution in [0.25, 0.3) is 0 Å². The first-order valence-electron chi connectivity index (χ1n) is 16.0. The summed E-state index contributed by atoms with van der Waals surface area (Å²) in [5.41, 5.74) is 3.91. The molecule has 1 saturated carbocycles. The highest BCUT2D eigenvalue weighted by molar-refractivity contribution is 9.09. The third-order valence-corrected chi connectivity index (χ3v) is 10.4. The van der Waals surface area contributed by atoms with E-state index >= 15 is 0 Å². The molecular weight excluding hydrogens is 831 g/mol. The van der Waals surface area contributed by atoms with Gasteiger partial charge < -0.3 is 29.3 Å². The van der Waals surface area contributed by atoms with Crippen LogP contribution in [0.1, 0.15) is 87.0 Å². The third-order valence-electron chi connectivity index (χ3n) is 7.77. The average Bonchev–Trinajstić information content (AvgIpc) is 3.47. The first kappa shape index (κ1) is 44.2. The number of aromatic nitrogens is 1. The van der Waals surface area contributed by atoms with Gasteiger partial charge in [-0.05, 0) is 64.0 Å². The number of alkyl halides is 7. The van der Waals surface area contributed by atoms with E-state index in [0.717, 1.165) is 63.2 Å². The van der Waals surface area contributed by atoms with Crippen molar-refractivity contribution in [2.45, 2.75) is 91.1 Å². The number of aromatic amines is 1. The minimum atomic E-state index is -0.707. The Morgan fingerprint density at radius 1 is 0.939 bits per heavy atom. The number of oxime groups is 1. The summed E-state index contributed by atoms with van der Waals surface area (Å²) in [6.45, 7) is 7.80. The lowest BCUT2D eigenvalue weighted by molar-refractivity contribution is -0.135. The molecule has 4 aliphatic rings. The van der Waals surface area contributed by atoms with Gasteiger partial charge in [-0.1, -0.05) is 27.2 Å². The molecule has 1 aliphatic heterocycles. The summed E-state index contributed by atoms with van der Waals surface area (Å²) >= 11 is 38.7. The highest BCUT2D eigenvalue weighted by Crippen LogP contribution is 2.39. The fraction of sp³-hybridized carbons (Fsp3) is 0.688. The van der Waals surface area contributed by atoms with Crippen molar-refractivity contribution >= 4 is 109 Å². The molecule has 2 heterocycles. The van der Waals surface area contributed by atoms with E-state index in [9.17, 15) is 14.4 Å². The predicted octanol–water partition coefficient (Wildman–Crippen LogP) is 8.49. The molecule has 0 unspecified atom stereocenters. The van der Waals surface area contributed by atoms with Crippen LogP contribution in [0.15, 0.2) is 23.0 Å². The SMILES string of the molecule is CCOC(=O)C(CBr)=NO.CCOC(=O)c1cc2c([nH]1)CCC(Cl)(Cl)C2.ClC1(Cl)CC=C(N2CCOCC2)CC1.O=C1CCC(Cl)(Cl)CC1. The maximum absolute atomic E-state index is 11.5. The van der Waals surface area contributed by atoms with Gasteiger partial charge in [-0.3, -0.25) is 4.79 Å². The molecule has 2 fully saturated rings. The van der Waals surface area contributed by atoms with Crippen LogP contribution in [-0.4, -0.2) is 96.4 Å². The second-order valence-electron chi connectivity index (χ2n) is 11.6. The molecule has 2 N–H and O–H groups in total. The van der Waals surface area contributed by atoms with Gasteiger partial charge in [0, 0.05) is 50.2 Å². The quantitative estimate of drug-likeness (QED) is 0.0958. The number of nitrogens with zero attached hydrogens (tertiary/aromatic N) is 2. The summed E-state index contributed by atoms with van der Waals surface area (Å²) in [4.78, 5) is 38.2. The first-order chi connectivity index (χ1) is 23.0. The van der Waals surface area contributed by atoms with Gasteiger partial charge >= 0.3 is 11.9 Å². The summed E-state index contributed by atoms with van der Waals surface area (Å²) in [5, 5.41) is 11.1. The summed E-state index contributed by atoms with van der Waals surface area (Å²) in [5.74, 6) is -0.638. The maximum atomic E-state index is 11.5. The smallest absolute Gasteiger partial charge is 0.356 e. The molecule has 1 aromatic heterocycles. The molecule has 278 valence electrons. The Bertz CT molecular complexity index is 1290. The van der Waals surface area contributed by atoms with E-state index in [0.29, 0.717) is 50.8 Å². The Morgan fingerprint density at radius 3 is 2.04 bits per heavy atom. The Hall–Kier alpha value is -0.920. The van der Waals surface area contributed by atoms with Gasteiger partial charge in [-0.25, -0.2) is 9.59 Å². The summed E-state index contributed by atoms with van der Waals surface area (Å²) in [7, 11) is 0. The molecule has 17 heteroatoms. The standard InChI is InChI=1S/C11H13Cl2NO2.C10H15Cl2NO.C6H8Cl2O.C5H8BrNO3/c1-2-16-10(15)9-5-7-6-11(12,13)4-3-8(7)14-9;11-10(12)3-1-9(2-4-10)13-5-7-14-8-6-13;7-6(8)3-1-5(9)2-4-6;1-2-10-5(8)4(3-6)7-9/h5,14H,2-4,6H2,1H3;1H,2-8H2;1-4H2;9H,2-3H2,1H3. The van der Waals surface area contributed by atoms with E-state index in [1.54, 1.807) is 19.9 Å². The zero-order chi connectivity index (χ0) is 36.7. The van der Waals surface area contributed by atoms with E-state index < -0.39 is 19.0 Å². The summed E-state index contributed by atoms with van der Waals surface area (Å²) in [6.07, 6.45) is 9.17. The molecule has 5 rings (SSSR count). The van der Waals surface area contributed by atoms with Crippen LogP contribution in [-0.2, 0) is 36.6 Å². The van der Waals surface area contributed by atoms with Crippen molar-refractivity contribution in [1.82, 2.24) is 9.88 Å². The number of Topliss-reactive ketones (excluding diaryl/α,β-unsaturated/α-hetero) is 1. The third kappa shape index (κ3) is 16.5. The lowest BCUT2D eigenvalue weighted by atomic mass is 9.97. The van der Waals surface area contributed by atoms with Gasteiger partial charge in [0.1, 0.15) is 24.5 Å². The Morgan fingerprint density at radius 2 is 1.53 bits per heavy atom. The number of rotatable bonds is 6. The van der Waals surface area contributed by atoms with Crippen LogP contribution in [0.4, 0.5) is 0 Å². The van der Waals surface area contributed by atoms with E-state index in [1.807, 2.05) is 0 Å². The molecule has 0 bridgehead atoms. The van der Waals surface area contributed by atoms with Crippen LogP contribution >= 0.6 is 85.5 Å². The van der Waals surface area contributed by atoms with Crippen molar-refractivity contribution in [3.8, 4) is 0 Å². The van der Waals surface area contributed by atoms with Crippen molar-refractivity contribution in [2.24, 2.45) is 5.16 Å². The number of ketones is 1. The van der Waals surface area contributed by atoms with Gasteiger partial charge in [-0.2, -0.15) is 0 Å². The zero-order valence-corrected chi connectivity index (χ0v) is 33.7. The fourth-order valence-electron chi connectivity index (χ4n) is 5.07. The van der Waals surface area contributed by atoms with E-state index in [1.165, 1.54) is 5.70 Å². The lowest BCUT2D eigenvalue weighted by Crippen LogP contribution is -2.37. The highest BCUT2D eigenvalue weighted by Gasteiger charge is 2.32. The van der Waals surface area contributed by atoms with Crippen molar-refractivity contribution < 1.29 is 33.8 Å². The van der Waals surface area contributed by atoms with Gasteiger partial charge in [0.2, 0.25) is 0 Å². The molecule has 3 aliphatic carbocycles. The Kier molecular flexibility index (Phi) is 19.5. The number of ether oxygens (including phenoxy) is 3. The van der Waals surface area contributed by atoms with Crippen LogP contribution in [0.5, 0.6) is 0 Å². The van der Waals surface area contributed by atoms with Crippen molar-refractivity contribution in [1.29, 1.82) is 0 Å². The van der Waals surface area contributed by atoms with Crippen LogP contribution in [0.2, 0.25) is 0 Å². The zero-order valence-electron chi connectivity index (χ0n) is 27.6. The number of aryl methyl sites for hydroxylation is 1. The summed E-state index contributed by atoms with van der Waals surface area (Å²) in [6, 6.07) is 1.78. The number of H-pyrrole nitrogens is 1. The number of carbonyl (C=O) groups is 3. The number of halogens is 7. The molecule has 0 radical (unpaired) electrons. The molecule has 0 atom stereocenters. The van der Waals surface area contributed by atoms with Crippen molar-refractivity contribution in [3.63, 3.8) is 0 Å². The number of fused-ring (bicyclic) bond motifs is 1. The molecule has 0 amide bonds. The van der Waals surface area contributed by atoms with Crippen LogP contribution in [0.3, 0.4) is 0 Å². The van der Waals surface area contributed by atoms with Crippen LogP contribution < -0.4 is 0 Å². The molecule has 10 nitrogen and oxygen atoms in total. The van der Waals surface area contributed by atoms with Gasteiger partial charge in [-0.15, -0.1) is 69.6 Å². The molecule has 1 saturated heterocycles.